The minimum atomic E-state index is -0.475. The van der Waals surface area contributed by atoms with Gasteiger partial charge in [0.05, 0.1) is 4.88 Å². The van der Waals surface area contributed by atoms with Crippen LogP contribution in [0.25, 0.3) is 21.8 Å². The minimum Gasteiger partial charge on any atom is -0.341 e. The average Bonchev–Trinajstić information content (AvgIpc) is 3.50. The molecule has 5 rings (SSSR count). The predicted octanol–water partition coefficient (Wildman–Crippen LogP) is 6.73. The highest BCUT2D eigenvalue weighted by molar-refractivity contribution is 7.12. The molecule has 5 aromatic rings. The van der Waals surface area contributed by atoms with E-state index in [4.69, 9.17) is 4.84 Å². The molecule has 0 amide bonds. The van der Waals surface area contributed by atoms with Crippen LogP contribution < -0.4 is 0 Å². The molecule has 2 aromatic heterocycles. The van der Waals surface area contributed by atoms with Crippen molar-refractivity contribution in [2.75, 3.05) is 0 Å². The van der Waals surface area contributed by atoms with Crippen LogP contribution in [0.5, 0.6) is 0 Å². The lowest BCUT2D eigenvalue weighted by molar-refractivity contribution is -0.140. The van der Waals surface area contributed by atoms with E-state index in [1.807, 2.05) is 73.0 Å². The second-order valence-corrected chi connectivity index (χ2v) is 9.30. The molecule has 0 fully saturated rings. The first-order chi connectivity index (χ1) is 17.0. The van der Waals surface area contributed by atoms with Crippen molar-refractivity contribution in [3.8, 4) is 0 Å². The lowest BCUT2D eigenvalue weighted by atomic mass is 9.97. The Labute approximate surface area is 207 Å². The summed E-state index contributed by atoms with van der Waals surface area (Å²) in [6, 6.07) is 23.7. The number of oxime groups is 1. The van der Waals surface area contributed by atoms with Gasteiger partial charge in [-0.25, -0.2) is 4.79 Å². The molecule has 2 heterocycles. The van der Waals surface area contributed by atoms with Gasteiger partial charge in [-0.05, 0) is 61.2 Å². The zero-order valence-corrected chi connectivity index (χ0v) is 20.6. The Bertz CT molecular complexity index is 1610. The molecular weight excluding hydrogens is 456 g/mol. The van der Waals surface area contributed by atoms with E-state index in [2.05, 4.69) is 28.8 Å². The minimum absolute atomic E-state index is 0.0208. The average molecular weight is 481 g/mol. The molecule has 0 atom stereocenters. The van der Waals surface area contributed by atoms with Crippen LogP contribution in [0.1, 0.15) is 45.8 Å². The first-order valence-electron chi connectivity index (χ1n) is 11.4. The van der Waals surface area contributed by atoms with Crippen LogP contribution in [0.15, 0.2) is 83.3 Å². The van der Waals surface area contributed by atoms with Crippen molar-refractivity contribution in [3.05, 3.63) is 105 Å². The fourth-order valence-corrected chi connectivity index (χ4v) is 5.17. The monoisotopic (exact) mass is 480 g/mol. The van der Waals surface area contributed by atoms with Crippen molar-refractivity contribution >= 4 is 50.6 Å². The van der Waals surface area contributed by atoms with Crippen molar-refractivity contribution in [1.29, 1.82) is 0 Å². The van der Waals surface area contributed by atoms with E-state index in [0.717, 1.165) is 49.9 Å². The molecule has 0 radical (unpaired) electrons. The van der Waals surface area contributed by atoms with Gasteiger partial charge >= 0.3 is 5.97 Å². The molecular formula is C29H24N2O3S. The summed E-state index contributed by atoms with van der Waals surface area (Å²) in [7, 11) is 0. The summed E-state index contributed by atoms with van der Waals surface area (Å²) in [5, 5.41) is 8.16. The van der Waals surface area contributed by atoms with Crippen LogP contribution in [0, 0.1) is 6.92 Å². The van der Waals surface area contributed by atoms with E-state index in [1.54, 1.807) is 0 Å². The third kappa shape index (κ3) is 4.17. The number of carbonyl (C=O) groups excluding carboxylic acids is 2. The molecule has 5 nitrogen and oxygen atoms in total. The molecule has 0 saturated heterocycles. The summed E-state index contributed by atoms with van der Waals surface area (Å²) < 4.78 is 2.24. The van der Waals surface area contributed by atoms with E-state index in [-0.39, 0.29) is 5.78 Å². The highest BCUT2D eigenvalue weighted by atomic mass is 32.1. The Hall–Kier alpha value is -4.03. The molecule has 0 spiro atoms. The molecule has 35 heavy (non-hydrogen) atoms. The Morgan fingerprint density at radius 1 is 0.914 bits per heavy atom. The van der Waals surface area contributed by atoms with Gasteiger partial charge < -0.3 is 9.40 Å². The lowest BCUT2D eigenvalue weighted by Gasteiger charge is -2.10. The first-order valence-corrected chi connectivity index (χ1v) is 12.3. The molecule has 0 bridgehead atoms. The maximum Gasteiger partial charge on any atom is 0.332 e. The van der Waals surface area contributed by atoms with Gasteiger partial charge in [0.25, 0.3) is 0 Å². The highest BCUT2D eigenvalue weighted by Crippen LogP contribution is 2.32. The Balaban J connectivity index is 1.72. The third-order valence-corrected chi connectivity index (χ3v) is 7.00. The quantitative estimate of drug-likeness (QED) is 0.117. The molecule has 0 aliphatic heterocycles. The molecule has 174 valence electrons. The van der Waals surface area contributed by atoms with Crippen LogP contribution in [0.2, 0.25) is 0 Å². The molecule has 3 aromatic carbocycles. The standard InChI is InChI=1S/C29H24N2O3S/c1-4-31-25-13-11-20(28(30-34-19(3)32)22-9-6-5-8-18(22)2)16-23(25)24-17-21(12-14-26(24)31)29(33)27-10-7-15-35-27/h5-17H,4H2,1-3H3/b30-28-. The van der Waals surface area contributed by atoms with Crippen molar-refractivity contribution in [2.24, 2.45) is 5.16 Å². The zero-order valence-electron chi connectivity index (χ0n) is 19.7. The van der Waals surface area contributed by atoms with Crippen molar-refractivity contribution in [1.82, 2.24) is 4.57 Å². The zero-order chi connectivity index (χ0) is 24.5. The number of aromatic nitrogens is 1. The maximum atomic E-state index is 13.0. The molecule has 0 N–H and O–H groups in total. The fourth-order valence-electron chi connectivity index (χ4n) is 4.49. The van der Waals surface area contributed by atoms with Crippen LogP contribution >= 0.6 is 11.3 Å². The highest BCUT2D eigenvalue weighted by Gasteiger charge is 2.18. The summed E-state index contributed by atoms with van der Waals surface area (Å²) in [5.74, 6) is -0.455. The Morgan fingerprint density at radius 3 is 2.23 bits per heavy atom. The van der Waals surface area contributed by atoms with Crippen LogP contribution in [-0.4, -0.2) is 22.0 Å². The van der Waals surface area contributed by atoms with Crippen molar-refractivity contribution in [3.63, 3.8) is 0 Å². The number of hydrogen-bond donors (Lipinski definition) is 0. The largest absolute Gasteiger partial charge is 0.341 e. The number of hydrogen-bond acceptors (Lipinski definition) is 5. The summed E-state index contributed by atoms with van der Waals surface area (Å²) in [5.41, 5.74) is 6.13. The predicted molar refractivity (Wildman–Crippen MR) is 141 cm³/mol. The number of carbonyl (C=O) groups is 2. The van der Waals surface area contributed by atoms with Gasteiger partial charge in [0.15, 0.2) is 0 Å². The van der Waals surface area contributed by atoms with Gasteiger partial charge in [-0.3, -0.25) is 4.79 Å². The maximum absolute atomic E-state index is 13.0. The SMILES string of the molecule is CCn1c2ccc(C(=O)c3cccs3)cc2c2cc(/C(=N/OC(C)=O)c3ccccc3C)ccc21. The smallest absolute Gasteiger partial charge is 0.332 e. The van der Waals surface area contributed by atoms with Crippen LogP contribution in [0.4, 0.5) is 0 Å². The summed E-state index contributed by atoms with van der Waals surface area (Å²) in [6.45, 7) is 6.24. The first kappa shape index (κ1) is 22.7. The summed E-state index contributed by atoms with van der Waals surface area (Å²) in [6.07, 6.45) is 0. The number of thiophene rings is 1. The number of ketones is 1. The second kappa shape index (κ2) is 9.31. The van der Waals surface area contributed by atoms with Crippen LogP contribution in [0.3, 0.4) is 0 Å². The molecule has 0 aliphatic rings. The second-order valence-electron chi connectivity index (χ2n) is 8.35. The van der Waals surface area contributed by atoms with Gasteiger partial charge in [-0.1, -0.05) is 41.6 Å². The van der Waals surface area contributed by atoms with E-state index < -0.39 is 5.97 Å². The Morgan fingerprint density at radius 2 is 1.60 bits per heavy atom. The van der Waals surface area contributed by atoms with E-state index in [1.165, 1.54) is 18.3 Å². The number of benzene rings is 3. The number of rotatable bonds is 6. The van der Waals surface area contributed by atoms with Gasteiger partial charge in [0, 0.05) is 52.0 Å². The molecule has 0 aliphatic carbocycles. The van der Waals surface area contributed by atoms with E-state index in [0.29, 0.717) is 11.3 Å². The summed E-state index contributed by atoms with van der Waals surface area (Å²) >= 11 is 1.45. The van der Waals surface area contributed by atoms with E-state index in [9.17, 15) is 9.59 Å². The molecule has 6 heteroatoms. The topological polar surface area (TPSA) is 60.7 Å². The number of aryl methyl sites for hydroxylation is 2. The molecule has 0 saturated carbocycles. The third-order valence-electron chi connectivity index (χ3n) is 6.13. The van der Waals surface area contributed by atoms with Crippen molar-refractivity contribution in [2.45, 2.75) is 27.3 Å². The Kier molecular flexibility index (Phi) is 6.05. The number of nitrogens with zero attached hydrogens (tertiary/aromatic N) is 2. The normalized spacial score (nSPS) is 11.8. The fraction of sp³-hybridized carbons (Fsp3) is 0.138. The van der Waals surface area contributed by atoms with Gasteiger partial charge in [0.1, 0.15) is 5.71 Å². The van der Waals surface area contributed by atoms with Gasteiger partial charge in [0.2, 0.25) is 5.78 Å². The summed E-state index contributed by atoms with van der Waals surface area (Å²) in [4.78, 5) is 30.4. The molecule has 0 unspecified atom stereocenters. The van der Waals surface area contributed by atoms with Crippen molar-refractivity contribution < 1.29 is 14.4 Å². The lowest BCUT2D eigenvalue weighted by Crippen LogP contribution is -2.08. The van der Waals surface area contributed by atoms with Gasteiger partial charge in [-0.2, -0.15) is 0 Å². The van der Waals surface area contributed by atoms with Gasteiger partial charge in [-0.15, -0.1) is 11.3 Å². The number of fused-ring (bicyclic) bond motifs is 3. The van der Waals surface area contributed by atoms with E-state index >= 15 is 0 Å². The van der Waals surface area contributed by atoms with Crippen LogP contribution in [-0.2, 0) is 16.2 Å².